The summed E-state index contributed by atoms with van der Waals surface area (Å²) in [7, 11) is 2.18. The average molecular weight is 516 g/mol. The van der Waals surface area contributed by atoms with E-state index in [4.69, 9.17) is 16.3 Å². The second-order valence-electron chi connectivity index (χ2n) is 9.28. The lowest BCUT2D eigenvalue weighted by Gasteiger charge is -2.43. The summed E-state index contributed by atoms with van der Waals surface area (Å²) in [5, 5.41) is 12.3. The Bertz CT molecular complexity index is 839. The molecule has 0 unspecified atom stereocenters. The molecule has 1 N–H and O–H groups in total. The molecule has 1 aliphatic heterocycles. The maximum absolute atomic E-state index is 11.7. The zero-order chi connectivity index (χ0) is 21.7. The number of ether oxygens (including phenoxy) is 1. The van der Waals surface area contributed by atoms with Gasteiger partial charge in [-0.05, 0) is 43.1 Å². The van der Waals surface area contributed by atoms with Crippen LogP contribution < -0.4 is 4.74 Å². The van der Waals surface area contributed by atoms with Crippen LogP contribution in [0.25, 0.3) is 0 Å². The molecule has 33 heavy (non-hydrogen) atoms. The largest absolute Gasteiger partial charge is 0.487 e. The molecule has 0 aromatic heterocycles. The highest BCUT2D eigenvalue weighted by Crippen LogP contribution is 2.42. The van der Waals surface area contributed by atoms with Gasteiger partial charge in [0.25, 0.3) is 0 Å². The molecule has 0 bridgehead atoms. The lowest BCUT2D eigenvalue weighted by molar-refractivity contribution is -0.0337. The minimum absolute atomic E-state index is 0. The molecule has 2 aliphatic rings. The third-order valence-corrected chi connectivity index (χ3v) is 7.30. The Morgan fingerprint density at radius 2 is 1.64 bits per heavy atom. The Labute approximate surface area is 216 Å². The van der Waals surface area contributed by atoms with E-state index in [1.807, 2.05) is 42.5 Å². The van der Waals surface area contributed by atoms with E-state index in [1.54, 1.807) is 0 Å². The number of hydrogen-bond donors (Lipinski definition) is 1. The summed E-state index contributed by atoms with van der Waals surface area (Å²) in [4.78, 5) is 4.88. The van der Waals surface area contributed by atoms with Crippen LogP contribution in [0.5, 0.6) is 5.75 Å². The van der Waals surface area contributed by atoms with Crippen LogP contribution >= 0.6 is 36.4 Å². The van der Waals surface area contributed by atoms with Gasteiger partial charge in [-0.2, -0.15) is 0 Å². The summed E-state index contributed by atoms with van der Waals surface area (Å²) < 4.78 is 5.98. The third-order valence-electron chi connectivity index (χ3n) is 7.00. The van der Waals surface area contributed by atoms with Gasteiger partial charge >= 0.3 is 0 Å². The highest BCUT2D eigenvalue weighted by molar-refractivity contribution is 6.32. The first kappa shape index (κ1) is 28.2. The predicted octanol–water partition coefficient (Wildman–Crippen LogP) is 5.79. The van der Waals surface area contributed by atoms with E-state index in [1.165, 1.54) is 6.42 Å². The van der Waals surface area contributed by atoms with Crippen molar-refractivity contribution in [3.63, 3.8) is 0 Å². The van der Waals surface area contributed by atoms with Crippen LogP contribution in [0.3, 0.4) is 0 Å². The Hall–Kier alpha value is -1.01. The fourth-order valence-corrected chi connectivity index (χ4v) is 5.22. The second-order valence-corrected chi connectivity index (χ2v) is 9.69. The number of halogens is 3. The van der Waals surface area contributed by atoms with Crippen molar-refractivity contribution < 1.29 is 9.84 Å². The maximum Gasteiger partial charge on any atom is 0.138 e. The van der Waals surface area contributed by atoms with Crippen molar-refractivity contribution in [2.45, 2.75) is 50.2 Å². The van der Waals surface area contributed by atoms with Gasteiger partial charge in [0.2, 0.25) is 0 Å². The molecular formula is C26H37Cl3N2O2. The van der Waals surface area contributed by atoms with Crippen molar-refractivity contribution in [1.82, 2.24) is 9.80 Å². The predicted molar refractivity (Wildman–Crippen MR) is 141 cm³/mol. The van der Waals surface area contributed by atoms with Crippen LogP contribution in [0.4, 0.5) is 0 Å². The Balaban J connectivity index is 0.00000193. The van der Waals surface area contributed by atoms with Gasteiger partial charge in [0, 0.05) is 38.6 Å². The molecule has 184 valence electrons. The van der Waals surface area contributed by atoms with Gasteiger partial charge in [0.15, 0.2) is 0 Å². The summed E-state index contributed by atoms with van der Waals surface area (Å²) in [6.45, 7) is 5.64. The van der Waals surface area contributed by atoms with Gasteiger partial charge in [-0.1, -0.05) is 67.3 Å². The smallest absolute Gasteiger partial charge is 0.138 e. The van der Waals surface area contributed by atoms with E-state index < -0.39 is 5.60 Å². The normalized spacial score (nSPS) is 19.7. The SMILES string of the molecule is CN1CCN(C[C@H](c2ccc(OCc3ccccc3)c(Cl)c2)C2(O)CCCCC2)CC1.Cl.Cl. The number of likely N-dealkylation sites (N-methyl/N-ethyl adjacent to an activating group) is 1. The van der Waals surface area contributed by atoms with E-state index >= 15 is 0 Å². The summed E-state index contributed by atoms with van der Waals surface area (Å²) in [6, 6.07) is 16.2. The summed E-state index contributed by atoms with van der Waals surface area (Å²) >= 11 is 6.66. The molecule has 7 heteroatoms. The van der Waals surface area contributed by atoms with Crippen LogP contribution in [-0.2, 0) is 6.61 Å². The molecule has 0 radical (unpaired) electrons. The van der Waals surface area contributed by atoms with E-state index in [9.17, 15) is 5.11 Å². The first-order chi connectivity index (χ1) is 15.0. The van der Waals surface area contributed by atoms with Crippen LogP contribution in [0, 0.1) is 0 Å². The third kappa shape index (κ3) is 7.48. The minimum Gasteiger partial charge on any atom is -0.487 e. The number of rotatable bonds is 7. The van der Waals surface area contributed by atoms with E-state index in [0.717, 1.165) is 69.5 Å². The Kier molecular flexibility index (Phi) is 11.3. The lowest BCUT2D eigenvalue weighted by Crippen LogP contribution is -2.50. The van der Waals surface area contributed by atoms with E-state index in [-0.39, 0.29) is 30.7 Å². The highest BCUT2D eigenvalue weighted by Gasteiger charge is 2.40. The maximum atomic E-state index is 11.7. The number of piperazine rings is 1. The standard InChI is InChI=1S/C26H35ClN2O2.2ClH/c1-28-14-16-29(17-15-28)19-23(26(30)12-6-3-7-13-26)22-10-11-25(24(27)18-22)31-20-21-8-4-2-5-9-21;;/h2,4-5,8-11,18,23,30H,3,6-7,12-17,19-20H2,1H3;2*1H/t23-;;/m1../s1. The van der Waals surface area contributed by atoms with E-state index in [2.05, 4.69) is 22.9 Å². The van der Waals surface area contributed by atoms with Gasteiger partial charge in [0.05, 0.1) is 10.6 Å². The van der Waals surface area contributed by atoms with Crippen LogP contribution in [0.2, 0.25) is 5.02 Å². The number of aliphatic hydroxyl groups is 1. The fraction of sp³-hybridized carbons (Fsp3) is 0.538. The number of nitrogens with zero attached hydrogens (tertiary/aromatic N) is 2. The molecule has 4 nitrogen and oxygen atoms in total. The van der Waals surface area contributed by atoms with Crippen LogP contribution in [-0.4, -0.2) is 60.3 Å². The van der Waals surface area contributed by atoms with Gasteiger partial charge in [0.1, 0.15) is 12.4 Å². The molecule has 0 amide bonds. The summed E-state index contributed by atoms with van der Waals surface area (Å²) in [5.74, 6) is 0.764. The summed E-state index contributed by atoms with van der Waals surface area (Å²) in [6.07, 6.45) is 5.16. The molecule has 1 atom stereocenters. The molecule has 4 rings (SSSR count). The van der Waals surface area contributed by atoms with Crippen molar-refractivity contribution >= 4 is 36.4 Å². The van der Waals surface area contributed by atoms with Crippen molar-refractivity contribution in [3.05, 3.63) is 64.7 Å². The summed E-state index contributed by atoms with van der Waals surface area (Å²) in [5.41, 5.74) is 1.59. The average Bonchev–Trinajstić information content (AvgIpc) is 2.79. The molecule has 1 saturated carbocycles. The zero-order valence-corrected chi connectivity index (χ0v) is 21.8. The molecule has 2 aromatic rings. The highest BCUT2D eigenvalue weighted by atomic mass is 35.5. The lowest BCUT2D eigenvalue weighted by atomic mass is 9.72. The molecule has 2 fully saturated rings. The van der Waals surface area contributed by atoms with Crippen molar-refractivity contribution in [1.29, 1.82) is 0 Å². The monoisotopic (exact) mass is 514 g/mol. The quantitative estimate of drug-likeness (QED) is 0.506. The fourth-order valence-electron chi connectivity index (χ4n) is 4.97. The minimum atomic E-state index is -0.655. The van der Waals surface area contributed by atoms with Gasteiger partial charge in [-0.25, -0.2) is 0 Å². The van der Waals surface area contributed by atoms with Gasteiger partial charge < -0.3 is 19.6 Å². The number of hydrogen-bond acceptors (Lipinski definition) is 4. The molecule has 0 spiro atoms. The topological polar surface area (TPSA) is 35.9 Å². The molecule has 1 saturated heterocycles. The number of benzene rings is 2. The zero-order valence-electron chi connectivity index (χ0n) is 19.4. The molecular weight excluding hydrogens is 479 g/mol. The van der Waals surface area contributed by atoms with Crippen LogP contribution in [0.15, 0.2) is 48.5 Å². The van der Waals surface area contributed by atoms with E-state index in [0.29, 0.717) is 17.4 Å². The Morgan fingerprint density at radius 3 is 2.27 bits per heavy atom. The Morgan fingerprint density at radius 1 is 0.970 bits per heavy atom. The molecule has 2 aromatic carbocycles. The first-order valence-electron chi connectivity index (χ1n) is 11.6. The van der Waals surface area contributed by atoms with Gasteiger partial charge in [-0.15, -0.1) is 24.8 Å². The first-order valence-corrected chi connectivity index (χ1v) is 12.0. The molecule has 1 heterocycles. The second kappa shape index (κ2) is 13.2. The molecule has 1 aliphatic carbocycles. The van der Waals surface area contributed by atoms with Crippen molar-refractivity contribution in [2.75, 3.05) is 39.8 Å². The van der Waals surface area contributed by atoms with Crippen LogP contribution in [0.1, 0.15) is 49.1 Å². The van der Waals surface area contributed by atoms with Crippen molar-refractivity contribution in [3.8, 4) is 5.75 Å². The van der Waals surface area contributed by atoms with Crippen molar-refractivity contribution in [2.24, 2.45) is 0 Å². The van der Waals surface area contributed by atoms with Gasteiger partial charge in [-0.3, -0.25) is 0 Å².